The molecule has 0 radical (unpaired) electrons. The summed E-state index contributed by atoms with van der Waals surface area (Å²) in [4.78, 5) is 1.29. The standard InChI is InChI=1S/C16H15FO2S/c17-14-7-11(8-18)5-6-15(14)19-9-12-10-20-16-4-2-1-3-13(12)16/h1-7,12,18H,8-10H2. The Morgan fingerprint density at radius 2 is 2.10 bits per heavy atom. The van der Waals surface area contributed by atoms with Crippen LogP contribution in [0.4, 0.5) is 4.39 Å². The van der Waals surface area contributed by atoms with E-state index in [0.717, 1.165) is 5.75 Å². The Balaban J connectivity index is 1.69. The molecule has 0 saturated heterocycles. The first kappa shape index (κ1) is 13.5. The second-order valence-corrected chi connectivity index (χ2v) is 5.84. The summed E-state index contributed by atoms with van der Waals surface area (Å²) in [7, 11) is 0. The Kier molecular flexibility index (Phi) is 3.94. The van der Waals surface area contributed by atoms with Crippen molar-refractivity contribution in [3.05, 3.63) is 59.4 Å². The number of fused-ring (bicyclic) bond motifs is 1. The first-order valence-corrected chi connectivity index (χ1v) is 7.50. The molecule has 1 aliphatic heterocycles. The fraction of sp³-hybridized carbons (Fsp3) is 0.250. The highest BCUT2D eigenvalue weighted by Crippen LogP contribution is 2.39. The molecule has 1 N–H and O–H groups in total. The number of aliphatic hydroxyl groups is 1. The lowest BCUT2D eigenvalue weighted by Crippen LogP contribution is -2.10. The van der Waals surface area contributed by atoms with Gasteiger partial charge in [0.15, 0.2) is 11.6 Å². The fourth-order valence-corrected chi connectivity index (χ4v) is 3.55. The molecular weight excluding hydrogens is 275 g/mol. The minimum atomic E-state index is -0.421. The van der Waals surface area contributed by atoms with Crippen LogP contribution < -0.4 is 4.74 Å². The molecule has 0 spiro atoms. The lowest BCUT2D eigenvalue weighted by atomic mass is 10.0. The maximum atomic E-state index is 13.8. The highest BCUT2D eigenvalue weighted by Gasteiger charge is 2.23. The highest BCUT2D eigenvalue weighted by molar-refractivity contribution is 7.99. The van der Waals surface area contributed by atoms with Crippen LogP contribution in [0.3, 0.4) is 0 Å². The molecule has 0 amide bonds. The molecule has 1 heterocycles. The van der Waals surface area contributed by atoms with Gasteiger partial charge in [-0.1, -0.05) is 24.3 Å². The average Bonchev–Trinajstić information content (AvgIpc) is 2.89. The first-order valence-electron chi connectivity index (χ1n) is 6.51. The molecular formula is C16H15FO2S. The predicted octanol–water partition coefficient (Wildman–Crippen LogP) is 3.59. The SMILES string of the molecule is OCc1ccc(OCC2CSc3ccccc32)c(F)c1. The highest BCUT2D eigenvalue weighted by atomic mass is 32.2. The Hall–Kier alpha value is -1.52. The monoisotopic (exact) mass is 290 g/mol. The number of ether oxygens (including phenoxy) is 1. The molecule has 0 aromatic heterocycles. The molecule has 0 saturated carbocycles. The van der Waals surface area contributed by atoms with E-state index in [0.29, 0.717) is 18.1 Å². The zero-order valence-electron chi connectivity index (χ0n) is 10.9. The molecule has 0 aliphatic carbocycles. The summed E-state index contributed by atoms with van der Waals surface area (Å²) in [6.07, 6.45) is 0. The summed E-state index contributed by atoms with van der Waals surface area (Å²) < 4.78 is 19.4. The van der Waals surface area contributed by atoms with Crippen LogP contribution in [-0.4, -0.2) is 17.5 Å². The van der Waals surface area contributed by atoms with E-state index in [1.54, 1.807) is 12.1 Å². The van der Waals surface area contributed by atoms with Crippen LogP contribution in [-0.2, 0) is 6.61 Å². The third kappa shape index (κ3) is 2.67. The van der Waals surface area contributed by atoms with Gasteiger partial charge in [0.1, 0.15) is 0 Å². The summed E-state index contributed by atoms with van der Waals surface area (Å²) >= 11 is 1.81. The van der Waals surface area contributed by atoms with Gasteiger partial charge in [-0.25, -0.2) is 4.39 Å². The predicted molar refractivity (Wildman–Crippen MR) is 77.7 cm³/mol. The normalized spacial score (nSPS) is 17.0. The van der Waals surface area contributed by atoms with Crippen LogP contribution >= 0.6 is 11.8 Å². The average molecular weight is 290 g/mol. The van der Waals surface area contributed by atoms with E-state index >= 15 is 0 Å². The molecule has 3 rings (SSSR count). The van der Waals surface area contributed by atoms with Gasteiger partial charge in [0, 0.05) is 16.6 Å². The number of hydrogen-bond acceptors (Lipinski definition) is 3. The molecule has 104 valence electrons. The van der Waals surface area contributed by atoms with Gasteiger partial charge in [0.2, 0.25) is 0 Å². The molecule has 2 aromatic rings. The van der Waals surface area contributed by atoms with Gasteiger partial charge < -0.3 is 9.84 Å². The molecule has 1 unspecified atom stereocenters. The van der Waals surface area contributed by atoms with Gasteiger partial charge in [0.05, 0.1) is 13.2 Å². The summed E-state index contributed by atoms with van der Waals surface area (Å²) in [6, 6.07) is 12.8. The largest absolute Gasteiger partial charge is 0.490 e. The number of hydrogen-bond donors (Lipinski definition) is 1. The van der Waals surface area contributed by atoms with Gasteiger partial charge in [-0.05, 0) is 29.3 Å². The fourth-order valence-electron chi connectivity index (χ4n) is 2.32. The van der Waals surface area contributed by atoms with E-state index < -0.39 is 5.82 Å². The van der Waals surface area contributed by atoms with Crippen LogP contribution in [0.25, 0.3) is 0 Å². The van der Waals surface area contributed by atoms with Crippen molar-refractivity contribution in [3.8, 4) is 5.75 Å². The lowest BCUT2D eigenvalue weighted by molar-refractivity contribution is 0.275. The smallest absolute Gasteiger partial charge is 0.165 e. The molecule has 0 fully saturated rings. The van der Waals surface area contributed by atoms with Crippen LogP contribution in [0, 0.1) is 5.82 Å². The Bertz CT molecular complexity index is 615. The van der Waals surface area contributed by atoms with Crippen LogP contribution in [0.2, 0.25) is 0 Å². The summed E-state index contributed by atoms with van der Waals surface area (Å²) in [6.45, 7) is 0.309. The number of thioether (sulfide) groups is 1. The molecule has 2 nitrogen and oxygen atoms in total. The van der Waals surface area contributed by atoms with Crippen molar-refractivity contribution in [2.24, 2.45) is 0 Å². The van der Waals surface area contributed by atoms with Gasteiger partial charge in [-0.2, -0.15) is 0 Å². The van der Waals surface area contributed by atoms with Crippen molar-refractivity contribution in [2.75, 3.05) is 12.4 Å². The third-order valence-electron chi connectivity index (χ3n) is 3.42. The zero-order valence-corrected chi connectivity index (χ0v) is 11.7. The van der Waals surface area contributed by atoms with Crippen molar-refractivity contribution in [3.63, 3.8) is 0 Å². The quantitative estimate of drug-likeness (QED) is 0.933. The zero-order chi connectivity index (χ0) is 13.9. The molecule has 2 aromatic carbocycles. The maximum Gasteiger partial charge on any atom is 0.165 e. The van der Waals surface area contributed by atoms with E-state index in [-0.39, 0.29) is 12.4 Å². The third-order valence-corrected chi connectivity index (χ3v) is 4.67. The van der Waals surface area contributed by atoms with E-state index in [4.69, 9.17) is 9.84 Å². The van der Waals surface area contributed by atoms with Crippen molar-refractivity contribution >= 4 is 11.8 Å². The Morgan fingerprint density at radius 1 is 1.25 bits per heavy atom. The summed E-state index contributed by atoms with van der Waals surface area (Å²) in [5, 5.41) is 8.95. The van der Waals surface area contributed by atoms with E-state index in [1.807, 2.05) is 23.9 Å². The van der Waals surface area contributed by atoms with Crippen LogP contribution in [0.15, 0.2) is 47.4 Å². The number of rotatable bonds is 4. The first-order chi connectivity index (χ1) is 9.78. The van der Waals surface area contributed by atoms with Gasteiger partial charge in [-0.3, -0.25) is 0 Å². The maximum absolute atomic E-state index is 13.8. The minimum absolute atomic E-state index is 0.163. The Morgan fingerprint density at radius 3 is 2.90 bits per heavy atom. The van der Waals surface area contributed by atoms with Gasteiger partial charge >= 0.3 is 0 Å². The van der Waals surface area contributed by atoms with Crippen molar-refractivity contribution in [1.29, 1.82) is 0 Å². The van der Waals surface area contributed by atoms with Crippen molar-refractivity contribution in [1.82, 2.24) is 0 Å². The number of aliphatic hydroxyl groups excluding tert-OH is 1. The molecule has 1 atom stereocenters. The summed E-state index contributed by atoms with van der Waals surface area (Å²) in [5.74, 6) is 1.09. The van der Waals surface area contributed by atoms with Gasteiger partial charge in [0.25, 0.3) is 0 Å². The molecule has 0 bridgehead atoms. The minimum Gasteiger partial charge on any atom is -0.490 e. The second-order valence-electron chi connectivity index (χ2n) is 4.78. The molecule has 20 heavy (non-hydrogen) atoms. The Labute approximate surface area is 121 Å². The van der Waals surface area contributed by atoms with Crippen LogP contribution in [0.5, 0.6) is 5.75 Å². The van der Waals surface area contributed by atoms with E-state index in [9.17, 15) is 4.39 Å². The van der Waals surface area contributed by atoms with Crippen LogP contribution in [0.1, 0.15) is 17.0 Å². The molecule has 1 aliphatic rings. The van der Waals surface area contributed by atoms with Crippen molar-refractivity contribution in [2.45, 2.75) is 17.4 Å². The van der Waals surface area contributed by atoms with Gasteiger partial charge in [-0.15, -0.1) is 11.8 Å². The van der Waals surface area contributed by atoms with Crippen molar-refractivity contribution < 1.29 is 14.2 Å². The topological polar surface area (TPSA) is 29.5 Å². The summed E-state index contributed by atoms with van der Waals surface area (Å²) in [5.41, 5.74) is 1.83. The number of halogens is 1. The van der Waals surface area contributed by atoms with E-state index in [1.165, 1.54) is 16.5 Å². The number of benzene rings is 2. The van der Waals surface area contributed by atoms with E-state index in [2.05, 4.69) is 12.1 Å². The lowest BCUT2D eigenvalue weighted by Gasteiger charge is -2.13. The molecule has 4 heteroatoms. The second kappa shape index (κ2) is 5.85.